The van der Waals surface area contributed by atoms with Gasteiger partial charge < -0.3 is 5.32 Å². The monoisotopic (exact) mass is 240 g/mol. The Hall–Kier alpha value is -0.770. The van der Waals surface area contributed by atoms with Gasteiger partial charge in [0.1, 0.15) is 0 Å². The minimum Gasteiger partial charge on any atom is -0.355 e. The van der Waals surface area contributed by atoms with Crippen molar-refractivity contribution >= 4 is 5.96 Å². The van der Waals surface area contributed by atoms with Gasteiger partial charge in [-0.1, -0.05) is 33.1 Å². The second kappa shape index (κ2) is 8.34. The first-order chi connectivity index (χ1) is 8.26. The Morgan fingerprint density at radius 1 is 1.41 bits per heavy atom. The molecule has 4 nitrogen and oxygen atoms in total. The summed E-state index contributed by atoms with van der Waals surface area (Å²) in [4.78, 5) is 4.54. The van der Waals surface area contributed by atoms with Gasteiger partial charge in [0.15, 0.2) is 0 Å². The van der Waals surface area contributed by atoms with Crippen molar-refractivity contribution < 1.29 is 0 Å². The summed E-state index contributed by atoms with van der Waals surface area (Å²) in [5, 5.41) is 3.24. The van der Waals surface area contributed by atoms with Crippen LogP contribution >= 0.6 is 0 Å². The minimum absolute atomic E-state index is 0.745. The maximum Gasteiger partial charge on any atom is 0.205 e. The normalized spacial score (nSPS) is 25.7. The Bertz CT molecular complexity index is 227. The maximum atomic E-state index is 5.45. The van der Waals surface area contributed by atoms with Crippen molar-refractivity contribution in [1.82, 2.24) is 10.7 Å². The van der Waals surface area contributed by atoms with Crippen molar-refractivity contribution in [3.63, 3.8) is 0 Å². The third kappa shape index (κ3) is 5.91. The predicted molar refractivity (Wildman–Crippen MR) is 73.7 cm³/mol. The fraction of sp³-hybridized carbons (Fsp3) is 0.923. The molecule has 0 aromatic heterocycles. The number of nitrogens with zero attached hydrogens (tertiary/aromatic N) is 1. The van der Waals surface area contributed by atoms with Crippen LogP contribution < -0.4 is 16.6 Å². The molecule has 0 aromatic rings. The fourth-order valence-corrected chi connectivity index (χ4v) is 2.48. The number of nitrogens with one attached hydrogen (secondary N) is 2. The maximum absolute atomic E-state index is 5.45. The van der Waals surface area contributed by atoms with Crippen LogP contribution in [0.5, 0.6) is 0 Å². The number of aliphatic imine (C=N–C) groups is 1. The molecule has 0 radical (unpaired) electrons. The van der Waals surface area contributed by atoms with E-state index < -0.39 is 0 Å². The highest BCUT2D eigenvalue weighted by Crippen LogP contribution is 2.28. The van der Waals surface area contributed by atoms with Crippen molar-refractivity contribution in [1.29, 1.82) is 0 Å². The first-order valence-electron chi connectivity index (χ1n) is 7.01. The number of hydrogen-bond donors (Lipinski definition) is 3. The van der Waals surface area contributed by atoms with Crippen LogP contribution in [0.25, 0.3) is 0 Å². The quantitative estimate of drug-likeness (QED) is 0.226. The lowest BCUT2D eigenvalue weighted by Crippen LogP contribution is -2.42. The molecule has 0 heterocycles. The van der Waals surface area contributed by atoms with E-state index in [0.717, 1.165) is 37.3 Å². The summed E-state index contributed by atoms with van der Waals surface area (Å²) in [6, 6.07) is 0. The van der Waals surface area contributed by atoms with E-state index in [1.54, 1.807) is 0 Å². The number of rotatable bonds is 5. The first-order valence-corrected chi connectivity index (χ1v) is 7.01. The van der Waals surface area contributed by atoms with Crippen LogP contribution in [0.3, 0.4) is 0 Å². The van der Waals surface area contributed by atoms with Gasteiger partial charge in [-0.15, -0.1) is 0 Å². The number of guanidine groups is 1. The van der Waals surface area contributed by atoms with E-state index in [1.807, 2.05) is 0 Å². The van der Waals surface area contributed by atoms with Gasteiger partial charge in [-0.3, -0.25) is 10.4 Å². The number of nitrogens with two attached hydrogens (primary N) is 1. The van der Waals surface area contributed by atoms with Crippen molar-refractivity contribution in [3.05, 3.63) is 0 Å². The zero-order valence-electron chi connectivity index (χ0n) is 11.3. The lowest BCUT2D eigenvalue weighted by Gasteiger charge is -2.25. The summed E-state index contributed by atoms with van der Waals surface area (Å²) in [5.41, 5.74) is 2.65. The third-order valence-corrected chi connectivity index (χ3v) is 3.51. The molecule has 0 aliphatic heterocycles. The van der Waals surface area contributed by atoms with Gasteiger partial charge in [-0.2, -0.15) is 0 Å². The molecule has 1 aliphatic carbocycles. The molecule has 2 unspecified atom stereocenters. The lowest BCUT2D eigenvalue weighted by atomic mass is 9.82. The van der Waals surface area contributed by atoms with Gasteiger partial charge in [0.2, 0.25) is 5.96 Å². The Kier molecular flexibility index (Phi) is 7.01. The summed E-state index contributed by atoms with van der Waals surface area (Å²) in [6.07, 6.45) is 7.72. The second-order valence-electron chi connectivity index (χ2n) is 5.25. The molecular formula is C13H28N4. The van der Waals surface area contributed by atoms with E-state index in [-0.39, 0.29) is 0 Å². The molecule has 17 heavy (non-hydrogen) atoms. The topological polar surface area (TPSA) is 62.4 Å². The van der Waals surface area contributed by atoms with Gasteiger partial charge in [0, 0.05) is 13.1 Å². The zero-order chi connectivity index (χ0) is 12.5. The molecule has 4 heteroatoms. The van der Waals surface area contributed by atoms with Crippen LogP contribution in [0.2, 0.25) is 0 Å². The van der Waals surface area contributed by atoms with Gasteiger partial charge >= 0.3 is 0 Å². The van der Waals surface area contributed by atoms with E-state index in [2.05, 4.69) is 29.6 Å². The molecule has 0 amide bonds. The lowest BCUT2D eigenvalue weighted by molar-refractivity contribution is 0.289. The highest BCUT2D eigenvalue weighted by Gasteiger charge is 2.18. The standard InChI is InChI=1S/C13H28N4/c1-3-4-8-15-13(17-14)16-10-12-7-5-6-11(2)9-12/h11-12H,3-10,14H2,1-2H3,(H2,15,16,17). The van der Waals surface area contributed by atoms with Gasteiger partial charge in [-0.25, -0.2) is 5.84 Å². The number of hydrogen-bond acceptors (Lipinski definition) is 2. The van der Waals surface area contributed by atoms with Gasteiger partial charge in [0.05, 0.1) is 0 Å². The summed E-state index contributed by atoms with van der Waals surface area (Å²) in [6.45, 7) is 6.37. The molecule has 1 fully saturated rings. The first kappa shape index (κ1) is 14.3. The van der Waals surface area contributed by atoms with E-state index in [9.17, 15) is 0 Å². The van der Waals surface area contributed by atoms with E-state index >= 15 is 0 Å². The van der Waals surface area contributed by atoms with E-state index in [1.165, 1.54) is 32.1 Å². The van der Waals surface area contributed by atoms with Crippen LogP contribution in [0.15, 0.2) is 4.99 Å². The van der Waals surface area contributed by atoms with Crippen molar-refractivity contribution in [3.8, 4) is 0 Å². The fourth-order valence-electron chi connectivity index (χ4n) is 2.48. The molecule has 0 spiro atoms. The Labute approximate surface area is 105 Å². The number of hydrazine groups is 1. The average Bonchev–Trinajstić information content (AvgIpc) is 2.34. The predicted octanol–water partition coefficient (Wildman–Crippen LogP) is 2.02. The molecule has 1 saturated carbocycles. The highest BCUT2D eigenvalue weighted by molar-refractivity contribution is 5.79. The Balaban J connectivity index is 2.27. The summed E-state index contributed by atoms with van der Waals surface area (Å²) < 4.78 is 0. The van der Waals surface area contributed by atoms with Crippen molar-refractivity contribution in [2.45, 2.75) is 52.4 Å². The van der Waals surface area contributed by atoms with Crippen molar-refractivity contribution in [2.24, 2.45) is 22.7 Å². The van der Waals surface area contributed by atoms with E-state index in [4.69, 9.17) is 5.84 Å². The van der Waals surface area contributed by atoms with Crippen LogP contribution in [-0.2, 0) is 0 Å². The minimum atomic E-state index is 0.745. The molecule has 0 aromatic carbocycles. The molecule has 0 bridgehead atoms. The molecule has 100 valence electrons. The average molecular weight is 240 g/mol. The molecule has 1 aliphatic rings. The molecule has 4 N–H and O–H groups in total. The Morgan fingerprint density at radius 2 is 2.24 bits per heavy atom. The Morgan fingerprint density at radius 3 is 2.88 bits per heavy atom. The summed E-state index contributed by atoms with van der Waals surface area (Å²) >= 11 is 0. The molecule has 1 rings (SSSR count). The highest BCUT2D eigenvalue weighted by atomic mass is 15.3. The summed E-state index contributed by atoms with van der Waals surface area (Å²) in [7, 11) is 0. The van der Waals surface area contributed by atoms with E-state index in [0.29, 0.717) is 0 Å². The van der Waals surface area contributed by atoms with Crippen LogP contribution in [0.4, 0.5) is 0 Å². The molecular weight excluding hydrogens is 212 g/mol. The molecule has 0 saturated heterocycles. The second-order valence-corrected chi connectivity index (χ2v) is 5.25. The third-order valence-electron chi connectivity index (χ3n) is 3.51. The van der Waals surface area contributed by atoms with Gasteiger partial charge in [-0.05, 0) is 31.1 Å². The summed E-state index contributed by atoms with van der Waals surface area (Å²) in [5.74, 6) is 7.81. The molecule has 2 atom stereocenters. The van der Waals surface area contributed by atoms with Crippen LogP contribution in [0.1, 0.15) is 52.4 Å². The zero-order valence-corrected chi connectivity index (χ0v) is 11.3. The smallest absolute Gasteiger partial charge is 0.205 e. The van der Waals surface area contributed by atoms with Crippen LogP contribution in [-0.4, -0.2) is 19.0 Å². The SMILES string of the molecule is CCCCNC(=NCC1CCCC(C)C1)NN. The number of unbranched alkanes of at least 4 members (excludes halogenated alkanes) is 1. The van der Waals surface area contributed by atoms with Gasteiger partial charge in [0.25, 0.3) is 0 Å². The largest absolute Gasteiger partial charge is 0.355 e. The van der Waals surface area contributed by atoms with Crippen LogP contribution in [0, 0.1) is 11.8 Å². The van der Waals surface area contributed by atoms with Crippen molar-refractivity contribution in [2.75, 3.05) is 13.1 Å².